The Balaban J connectivity index is 3.20. The zero-order valence-electron chi connectivity index (χ0n) is 10.5. The van der Waals surface area contributed by atoms with Crippen LogP contribution in [-0.2, 0) is 14.9 Å². The Labute approximate surface area is 101 Å². The molecule has 0 fully saturated rings. The molecule has 92 valence electrons. The largest absolute Gasteiger partial charge is 0.488 e. The predicted molar refractivity (Wildman–Crippen MR) is 66.0 cm³/mol. The highest BCUT2D eigenvalue weighted by atomic mass is 16.5. The van der Waals surface area contributed by atoms with E-state index in [1.807, 2.05) is 6.92 Å². The van der Waals surface area contributed by atoms with Crippen molar-refractivity contribution in [3.05, 3.63) is 29.3 Å². The zero-order chi connectivity index (χ0) is 13.2. The lowest BCUT2D eigenvalue weighted by Gasteiger charge is -2.24. The Bertz CT molecular complexity index is 427. The lowest BCUT2D eigenvalue weighted by molar-refractivity contribution is -0.146. The molecule has 0 atom stereocenters. The number of ether oxygens (including phenoxy) is 1. The van der Waals surface area contributed by atoms with Crippen LogP contribution in [0.2, 0.25) is 0 Å². The Morgan fingerprint density at radius 2 is 1.94 bits per heavy atom. The van der Waals surface area contributed by atoms with E-state index in [2.05, 4.69) is 0 Å². The second-order valence-corrected chi connectivity index (χ2v) is 4.56. The molecule has 0 saturated heterocycles. The second kappa shape index (κ2) is 4.90. The van der Waals surface area contributed by atoms with Crippen LogP contribution in [0.15, 0.2) is 18.2 Å². The molecule has 17 heavy (non-hydrogen) atoms. The van der Waals surface area contributed by atoms with Crippen molar-refractivity contribution in [2.75, 3.05) is 7.11 Å². The normalized spacial score (nSPS) is 11.2. The van der Waals surface area contributed by atoms with E-state index in [-0.39, 0.29) is 5.97 Å². The van der Waals surface area contributed by atoms with Gasteiger partial charge in [0.2, 0.25) is 0 Å². The minimum atomic E-state index is -1.50. The molecule has 0 aliphatic heterocycles. The van der Waals surface area contributed by atoms with Crippen LogP contribution in [0, 0.1) is 6.92 Å². The number of hydrogen-bond acceptors (Lipinski definition) is 4. The third kappa shape index (κ3) is 2.68. The van der Waals surface area contributed by atoms with Crippen molar-refractivity contribution in [2.24, 2.45) is 0 Å². The van der Waals surface area contributed by atoms with Crippen LogP contribution in [0.4, 0.5) is 0 Å². The average Bonchev–Trinajstić information content (AvgIpc) is 2.27. The van der Waals surface area contributed by atoms with Crippen LogP contribution in [-0.4, -0.2) is 30.2 Å². The number of hydrogen-bond donors (Lipinski definition) is 2. The van der Waals surface area contributed by atoms with Gasteiger partial charge in [0.05, 0.1) is 12.5 Å². The van der Waals surface area contributed by atoms with Gasteiger partial charge in [-0.05, 0) is 37.4 Å². The maximum Gasteiger partial charge on any atom is 0.488 e. The first-order chi connectivity index (χ1) is 7.80. The first-order valence-corrected chi connectivity index (χ1v) is 5.36. The summed E-state index contributed by atoms with van der Waals surface area (Å²) >= 11 is 0. The van der Waals surface area contributed by atoms with Crippen LogP contribution in [0.5, 0.6) is 0 Å². The molecule has 2 N–H and O–H groups in total. The van der Waals surface area contributed by atoms with Crippen molar-refractivity contribution in [3.8, 4) is 0 Å². The first kappa shape index (κ1) is 13.7. The molecule has 0 amide bonds. The summed E-state index contributed by atoms with van der Waals surface area (Å²) in [6.07, 6.45) is 0. The van der Waals surface area contributed by atoms with E-state index in [9.17, 15) is 4.79 Å². The molecular weight excluding hydrogens is 219 g/mol. The summed E-state index contributed by atoms with van der Waals surface area (Å²) in [5.74, 6) is -0.321. The van der Waals surface area contributed by atoms with Crippen molar-refractivity contribution in [1.29, 1.82) is 0 Å². The van der Waals surface area contributed by atoms with Crippen molar-refractivity contribution in [3.63, 3.8) is 0 Å². The highest BCUT2D eigenvalue weighted by Gasteiger charge is 2.32. The Morgan fingerprint density at radius 1 is 1.35 bits per heavy atom. The summed E-state index contributed by atoms with van der Waals surface area (Å²) in [7, 11) is -0.144. The van der Waals surface area contributed by atoms with E-state index in [0.717, 1.165) is 11.1 Å². The lowest BCUT2D eigenvalue weighted by Crippen LogP contribution is -2.34. The van der Waals surface area contributed by atoms with E-state index >= 15 is 0 Å². The molecule has 0 saturated carbocycles. The lowest BCUT2D eigenvalue weighted by atomic mass is 9.75. The summed E-state index contributed by atoms with van der Waals surface area (Å²) in [5.41, 5.74) is 1.30. The molecule has 0 aliphatic carbocycles. The molecule has 0 radical (unpaired) electrons. The average molecular weight is 236 g/mol. The van der Waals surface area contributed by atoms with Gasteiger partial charge in [-0.2, -0.15) is 0 Å². The fourth-order valence-corrected chi connectivity index (χ4v) is 1.91. The van der Waals surface area contributed by atoms with Gasteiger partial charge < -0.3 is 14.8 Å². The van der Waals surface area contributed by atoms with Crippen LogP contribution in [0.1, 0.15) is 25.0 Å². The number of carbonyl (C=O) groups excluding carboxylic acids is 1. The molecule has 0 heterocycles. The monoisotopic (exact) mass is 236 g/mol. The smallest absolute Gasteiger partial charge is 0.468 e. The highest BCUT2D eigenvalue weighted by molar-refractivity contribution is 6.58. The van der Waals surface area contributed by atoms with E-state index in [1.165, 1.54) is 7.11 Å². The van der Waals surface area contributed by atoms with Crippen LogP contribution in [0.25, 0.3) is 0 Å². The SMILES string of the molecule is COC(=O)C(C)(C)c1ccc(B(O)O)cc1C. The Hall–Kier alpha value is -1.33. The van der Waals surface area contributed by atoms with Crippen LogP contribution in [0.3, 0.4) is 0 Å². The Kier molecular flexibility index (Phi) is 3.96. The number of aryl methyl sites for hydroxylation is 1. The van der Waals surface area contributed by atoms with Gasteiger partial charge in [0.1, 0.15) is 0 Å². The molecule has 1 aromatic carbocycles. The molecule has 4 nitrogen and oxygen atoms in total. The fourth-order valence-electron chi connectivity index (χ4n) is 1.91. The van der Waals surface area contributed by atoms with Crippen LogP contribution >= 0.6 is 0 Å². The molecule has 1 aromatic rings. The van der Waals surface area contributed by atoms with Gasteiger partial charge in [-0.15, -0.1) is 0 Å². The number of carbonyl (C=O) groups is 1. The fraction of sp³-hybridized carbons (Fsp3) is 0.417. The molecule has 0 spiro atoms. The van der Waals surface area contributed by atoms with Gasteiger partial charge in [0, 0.05) is 0 Å². The van der Waals surface area contributed by atoms with E-state index in [4.69, 9.17) is 14.8 Å². The van der Waals surface area contributed by atoms with Gasteiger partial charge in [0.15, 0.2) is 0 Å². The van der Waals surface area contributed by atoms with E-state index in [1.54, 1.807) is 32.0 Å². The summed E-state index contributed by atoms with van der Waals surface area (Å²) in [6.45, 7) is 5.37. The predicted octanol–water partition coefficient (Wildman–Crippen LogP) is 0.125. The van der Waals surface area contributed by atoms with Crippen molar-refractivity contribution in [2.45, 2.75) is 26.2 Å². The van der Waals surface area contributed by atoms with E-state index < -0.39 is 12.5 Å². The van der Waals surface area contributed by atoms with E-state index in [0.29, 0.717) is 5.46 Å². The van der Waals surface area contributed by atoms with Crippen LogP contribution < -0.4 is 5.46 Å². The van der Waals surface area contributed by atoms with Crippen molar-refractivity contribution in [1.82, 2.24) is 0 Å². The van der Waals surface area contributed by atoms with Gasteiger partial charge in [-0.1, -0.05) is 18.2 Å². The maximum atomic E-state index is 11.7. The number of methoxy groups -OCH3 is 1. The number of benzene rings is 1. The topological polar surface area (TPSA) is 66.8 Å². The highest BCUT2D eigenvalue weighted by Crippen LogP contribution is 2.26. The van der Waals surface area contributed by atoms with Gasteiger partial charge in [-0.25, -0.2) is 0 Å². The summed E-state index contributed by atoms with van der Waals surface area (Å²) in [4.78, 5) is 11.7. The minimum absolute atomic E-state index is 0.321. The first-order valence-electron chi connectivity index (χ1n) is 5.36. The molecule has 0 aromatic heterocycles. The molecule has 0 aliphatic rings. The van der Waals surface area contributed by atoms with Gasteiger partial charge >= 0.3 is 13.1 Å². The van der Waals surface area contributed by atoms with Crippen molar-refractivity contribution >= 4 is 18.6 Å². The minimum Gasteiger partial charge on any atom is -0.468 e. The third-order valence-electron chi connectivity index (χ3n) is 2.92. The Morgan fingerprint density at radius 3 is 2.35 bits per heavy atom. The number of esters is 1. The summed E-state index contributed by atoms with van der Waals surface area (Å²) in [6, 6.07) is 4.98. The summed E-state index contributed by atoms with van der Waals surface area (Å²) in [5, 5.41) is 18.1. The molecule has 0 unspecified atom stereocenters. The maximum absolute atomic E-state index is 11.7. The molecule has 5 heteroatoms. The quantitative estimate of drug-likeness (QED) is 0.578. The standard InChI is InChI=1S/C12H17BO4/c1-8-7-9(13(15)16)5-6-10(8)12(2,3)11(14)17-4/h5-7,15-16H,1-4H3. The molecule has 0 bridgehead atoms. The van der Waals surface area contributed by atoms with Crippen molar-refractivity contribution < 1.29 is 19.6 Å². The third-order valence-corrected chi connectivity index (χ3v) is 2.92. The number of rotatable bonds is 3. The van der Waals surface area contributed by atoms with Gasteiger partial charge in [0.25, 0.3) is 0 Å². The van der Waals surface area contributed by atoms with Gasteiger partial charge in [-0.3, -0.25) is 4.79 Å². The molecule has 1 rings (SSSR count). The molecular formula is C12H17BO4. The zero-order valence-corrected chi connectivity index (χ0v) is 10.5. The summed E-state index contributed by atoms with van der Waals surface area (Å²) < 4.78 is 4.76. The second-order valence-electron chi connectivity index (χ2n) is 4.56.